The van der Waals surface area contributed by atoms with Crippen LogP contribution in [0.15, 0.2) is 18.2 Å². The summed E-state index contributed by atoms with van der Waals surface area (Å²) >= 11 is 0. The van der Waals surface area contributed by atoms with Crippen molar-refractivity contribution in [3.05, 3.63) is 34.9 Å². The van der Waals surface area contributed by atoms with E-state index >= 15 is 0 Å². The standard InChI is InChI=1S/C16H21F2N/c17-16(18,11-15-6-3-9-19-15)14-8-7-12-4-1-2-5-13(12)10-14/h7-8,10,15,19H,1-6,9,11H2. The second-order valence-corrected chi connectivity index (χ2v) is 5.89. The first-order chi connectivity index (χ1) is 9.15. The molecule has 1 unspecified atom stereocenters. The normalized spacial score (nSPS) is 23.4. The van der Waals surface area contributed by atoms with E-state index in [0.29, 0.717) is 0 Å². The molecule has 1 atom stereocenters. The number of benzene rings is 1. The van der Waals surface area contributed by atoms with Crippen molar-refractivity contribution in [1.29, 1.82) is 0 Å². The highest BCUT2D eigenvalue weighted by Gasteiger charge is 2.36. The fourth-order valence-electron chi connectivity index (χ4n) is 3.32. The van der Waals surface area contributed by atoms with Crippen LogP contribution in [0.5, 0.6) is 0 Å². The van der Waals surface area contributed by atoms with Crippen LogP contribution in [0.3, 0.4) is 0 Å². The number of rotatable bonds is 3. The Hall–Kier alpha value is -0.960. The van der Waals surface area contributed by atoms with E-state index < -0.39 is 5.92 Å². The van der Waals surface area contributed by atoms with Crippen LogP contribution in [0.1, 0.15) is 48.8 Å². The zero-order valence-corrected chi connectivity index (χ0v) is 11.2. The van der Waals surface area contributed by atoms with Crippen LogP contribution in [0.2, 0.25) is 0 Å². The van der Waals surface area contributed by atoms with Crippen LogP contribution in [0.4, 0.5) is 8.78 Å². The lowest BCUT2D eigenvalue weighted by Gasteiger charge is -2.23. The molecule has 1 fully saturated rings. The van der Waals surface area contributed by atoms with Gasteiger partial charge in [0.1, 0.15) is 0 Å². The molecule has 1 aliphatic carbocycles. The molecular weight excluding hydrogens is 244 g/mol. The summed E-state index contributed by atoms with van der Waals surface area (Å²) in [6, 6.07) is 5.29. The summed E-state index contributed by atoms with van der Waals surface area (Å²) in [5.74, 6) is -2.70. The van der Waals surface area contributed by atoms with Crippen molar-refractivity contribution in [3.8, 4) is 0 Å². The van der Waals surface area contributed by atoms with E-state index in [4.69, 9.17) is 0 Å². The maximum Gasteiger partial charge on any atom is 0.274 e. The third-order valence-corrected chi connectivity index (χ3v) is 4.44. The van der Waals surface area contributed by atoms with Gasteiger partial charge in [-0.3, -0.25) is 0 Å². The van der Waals surface area contributed by atoms with Crippen molar-refractivity contribution < 1.29 is 8.78 Å². The third-order valence-electron chi connectivity index (χ3n) is 4.44. The lowest BCUT2D eigenvalue weighted by atomic mass is 9.88. The largest absolute Gasteiger partial charge is 0.314 e. The molecule has 0 amide bonds. The van der Waals surface area contributed by atoms with Crippen LogP contribution in [0.25, 0.3) is 0 Å². The molecule has 0 aromatic heterocycles. The molecule has 0 radical (unpaired) electrons. The fraction of sp³-hybridized carbons (Fsp3) is 0.625. The molecule has 2 aliphatic rings. The SMILES string of the molecule is FC(F)(CC1CCCN1)c1ccc2c(c1)CCCC2. The first kappa shape index (κ1) is 13.0. The molecule has 104 valence electrons. The second-order valence-electron chi connectivity index (χ2n) is 5.89. The summed E-state index contributed by atoms with van der Waals surface area (Å²) in [5, 5.41) is 3.16. The number of hydrogen-bond acceptors (Lipinski definition) is 1. The average Bonchev–Trinajstić information content (AvgIpc) is 2.90. The molecule has 3 rings (SSSR count). The van der Waals surface area contributed by atoms with E-state index in [0.717, 1.165) is 44.2 Å². The highest BCUT2D eigenvalue weighted by Crippen LogP contribution is 2.36. The Morgan fingerprint density at radius 2 is 1.89 bits per heavy atom. The van der Waals surface area contributed by atoms with E-state index in [9.17, 15) is 8.78 Å². The monoisotopic (exact) mass is 265 g/mol. The maximum atomic E-state index is 14.3. The molecule has 0 spiro atoms. The highest BCUT2D eigenvalue weighted by atomic mass is 19.3. The molecule has 1 nitrogen and oxygen atoms in total. The van der Waals surface area contributed by atoms with E-state index in [-0.39, 0.29) is 18.0 Å². The zero-order valence-electron chi connectivity index (χ0n) is 11.2. The number of fused-ring (bicyclic) bond motifs is 1. The van der Waals surface area contributed by atoms with Gasteiger partial charge in [0.25, 0.3) is 5.92 Å². The molecule has 1 aromatic rings. The lowest BCUT2D eigenvalue weighted by molar-refractivity contribution is -0.0214. The zero-order chi connectivity index (χ0) is 13.3. The number of nitrogens with one attached hydrogen (secondary N) is 1. The summed E-state index contributed by atoms with van der Waals surface area (Å²) in [4.78, 5) is 0. The Balaban J connectivity index is 1.79. The number of halogens is 2. The third kappa shape index (κ3) is 2.81. The van der Waals surface area contributed by atoms with Gasteiger partial charge in [-0.2, -0.15) is 0 Å². The molecule has 1 saturated heterocycles. The van der Waals surface area contributed by atoms with Crippen molar-refractivity contribution >= 4 is 0 Å². The lowest BCUT2D eigenvalue weighted by Crippen LogP contribution is -2.29. The van der Waals surface area contributed by atoms with Gasteiger partial charge in [0, 0.05) is 18.0 Å². The molecule has 0 saturated carbocycles. The number of aryl methyl sites for hydroxylation is 2. The van der Waals surface area contributed by atoms with E-state index in [1.807, 2.05) is 6.07 Å². The summed E-state index contributed by atoms with van der Waals surface area (Å²) in [6.45, 7) is 0.880. The van der Waals surface area contributed by atoms with Gasteiger partial charge < -0.3 is 5.32 Å². The Labute approximate surface area is 113 Å². The Morgan fingerprint density at radius 1 is 1.11 bits per heavy atom. The Bertz CT molecular complexity index is 450. The molecular formula is C16H21F2N. The van der Waals surface area contributed by atoms with Crippen molar-refractivity contribution in [1.82, 2.24) is 5.32 Å². The van der Waals surface area contributed by atoms with Gasteiger partial charge in [0.05, 0.1) is 0 Å². The van der Waals surface area contributed by atoms with Crippen LogP contribution in [-0.4, -0.2) is 12.6 Å². The average molecular weight is 265 g/mol. The minimum atomic E-state index is -2.70. The van der Waals surface area contributed by atoms with Gasteiger partial charge in [-0.15, -0.1) is 0 Å². The first-order valence-corrected chi connectivity index (χ1v) is 7.39. The van der Waals surface area contributed by atoms with Gasteiger partial charge in [-0.25, -0.2) is 8.78 Å². The van der Waals surface area contributed by atoms with Crippen LogP contribution in [0, 0.1) is 0 Å². The van der Waals surface area contributed by atoms with Crippen LogP contribution in [-0.2, 0) is 18.8 Å². The fourth-order valence-corrected chi connectivity index (χ4v) is 3.32. The van der Waals surface area contributed by atoms with E-state index in [2.05, 4.69) is 5.32 Å². The topological polar surface area (TPSA) is 12.0 Å². The molecule has 0 bridgehead atoms. The number of alkyl halides is 2. The molecule has 1 N–H and O–H groups in total. The summed E-state index contributed by atoms with van der Waals surface area (Å²) < 4.78 is 28.7. The molecule has 3 heteroatoms. The van der Waals surface area contributed by atoms with Crippen molar-refractivity contribution in [2.45, 2.75) is 56.9 Å². The van der Waals surface area contributed by atoms with Crippen LogP contribution < -0.4 is 5.32 Å². The highest BCUT2D eigenvalue weighted by molar-refractivity contribution is 5.35. The van der Waals surface area contributed by atoms with Crippen molar-refractivity contribution in [2.75, 3.05) is 6.54 Å². The predicted molar refractivity (Wildman–Crippen MR) is 72.6 cm³/mol. The predicted octanol–water partition coefficient (Wildman–Crippen LogP) is 3.80. The quantitative estimate of drug-likeness (QED) is 0.876. The molecule has 19 heavy (non-hydrogen) atoms. The van der Waals surface area contributed by atoms with Gasteiger partial charge in [0.15, 0.2) is 0 Å². The molecule has 1 aromatic carbocycles. The second kappa shape index (κ2) is 5.20. The van der Waals surface area contributed by atoms with E-state index in [1.165, 1.54) is 12.0 Å². The number of hydrogen-bond donors (Lipinski definition) is 1. The van der Waals surface area contributed by atoms with Crippen molar-refractivity contribution in [2.24, 2.45) is 0 Å². The summed E-state index contributed by atoms with van der Waals surface area (Å²) in [7, 11) is 0. The minimum Gasteiger partial charge on any atom is -0.314 e. The van der Waals surface area contributed by atoms with Crippen molar-refractivity contribution in [3.63, 3.8) is 0 Å². The molecule has 1 aliphatic heterocycles. The Kier molecular flexibility index (Phi) is 3.57. The smallest absolute Gasteiger partial charge is 0.274 e. The van der Waals surface area contributed by atoms with Gasteiger partial charge in [-0.1, -0.05) is 12.1 Å². The minimum absolute atomic E-state index is 0.0222. The molecule has 1 heterocycles. The Morgan fingerprint density at radius 3 is 2.63 bits per heavy atom. The maximum absolute atomic E-state index is 14.3. The summed E-state index contributed by atoms with van der Waals surface area (Å²) in [5.41, 5.74) is 2.62. The van der Waals surface area contributed by atoms with Gasteiger partial charge in [0.2, 0.25) is 0 Å². The first-order valence-electron chi connectivity index (χ1n) is 7.39. The van der Waals surface area contributed by atoms with Crippen LogP contribution >= 0.6 is 0 Å². The van der Waals surface area contributed by atoms with Gasteiger partial charge >= 0.3 is 0 Å². The van der Waals surface area contributed by atoms with Gasteiger partial charge in [-0.05, 0) is 62.3 Å². The van der Waals surface area contributed by atoms with E-state index in [1.54, 1.807) is 12.1 Å². The summed E-state index contributed by atoms with van der Waals surface area (Å²) in [6.07, 6.45) is 6.16.